The van der Waals surface area contributed by atoms with E-state index < -0.39 is 22.7 Å². The fourth-order valence-electron chi connectivity index (χ4n) is 3.93. The Kier molecular flexibility index (Phi) is 6.28. The lowest BCUT2D eigenvalue weighted by Crippen LogP contribution is -2.47. The van der Waals surface area contributed by atoms with E-state index in [9.17, 15) is 14.7 Å². The Balaban J connectivity index is 1.95. The third kappa shape index (κ3) is 4.51. The number of carbonyl (C=O) groups is 2. The van der Waals surface area contributed by atoms with Gasteiger partial charge in [-0.15, -0.1) is 11.3 Å². The molecule has 2 atom stereocenters. The number of thiazole rings is 1. The van der Waals surface area contributed by atoms with Crippen molar-refractivity contribution < 1.29 is 19.4 Å². The Bertz CT molecular complexity index is 1110. The third-order valence-electron chi connectivity index (χ3n) is 5.80. The van der Waals surface area contributed by atoms with Gasteiger partial charge in [0.15, 0.2) is 0 Å². The van der Waals surface area contributed by atoms with Crippen LogP contribution in [-0.4, -0.2) is 26.2 Å². The molecule has 0 aliphatic carbocycles. The van der Waals surface area contributed by atoms with Crippen molar-refractivity contribution in [1.82, 2.24) is 9.38 Å². The van der Waals surface area contributed by atoms with Crippen molar-refractivity contribution in [3.8, 4) is 5.75 Å². The number of carboxylic acids is 1. The predicted molar refractivity (Wildman–Crippen MR) is 122 cm³/mol. The third-order valence-corrected chi connectivity index (χ3v) is 6.74. The van der Waals surface area contributed by atoms with E-state index in [-0.39, 0.29) is 5.78 Å². The van der Waals surface area contributed by atoms with Gasteiger partial charge in [-0.05, 0) is 38.0 Å². The summed E-state index contributed by atoms with van der Waals surface area (Å²) >= 11 is 1.55. The maximum atomic E-state index is 13.1. The number of hydrogen-bond donors (Lipinski definition) is 1. The van der Waals surface area contributed by atoms with Gasteiger partial charge in [-0.1, -0.05) is 27.7 Å². The molecule has 6 nitrogen and oxygen atoms in total. The normalized spacial score (nSPS) is 14.9. The number of aryl methyl sites for hydroxylation is 1. The van der Waals surface area contributed by atoms with E-state index >= 15 is 0 Å². The highest BCUT2D eigenvalue weighted by Gasteiger charge is 2.48. The number of aromatic nitrogens is 2. The molecule has 2 unspecified atom stereocenters. The molecule has 3 aromatic rings. The zero-order chi connectivity index (χ0) is 23.0. The first-order valence-corrected chi connectivity index (χ1v) is 11.3. The monoisotopic (exact) mass is 442 g/mol. The van der Waals surface area contributed by atoms with Crippen LogP contribution >= 0.6 is 11.3 Å². The summed E-state index contributed by atoms with van der Waals surface area (Å²) in [5.41, 5.74) is 0.445. The zero-order valence-electron chi connectivity index (χ0n) is 18.9. The van der Waals surface area contributed by atoms with Gasteiger partial charge in [0.2, 0.25) is 0 Å². The molecule has 0 radical (unpaired) electrons. The summed E-state index contributed by atoms with van der Waals surface area (Å²) in [5.74, 6) is -0.993. The van der Waals surface area contributed by atoms with Gasteiger partial charge in [0.25, 0.3) is 0 Å². The SMILES string of the molecule is CCC(C(=O)C(C)(C)C)C(C)(C(=O)O)c1cc2cc(OCc3nc(C)cs3)ccn2c1. The number of hydrogen-bond acceptors (Lipinski definition) is 5. The number of carbonyl (C=O) groups excluding carboxylic acids is 1. The smallest absolute Gasteiger partial charge is 0.314 e. The molecule has 0 spiro atoms. The quantitative estimate of drug-likeness (QED) is 0.514. The summed E-state index contributed by atoms with van der Waals surface area (Å²) in [7, 11) is 0. The number of nitrogens with zero attached hydrogens (tertiary/aromatic N) is 2. The van der Waals surface area contributed by atoms with Gasteiger partial charge >= 0.3 is 5.97 Å². The number of aliphatic carboxylic acids is 1. The van der Waals surface area contributed by atoms with Crippen LogP contribution in [0.5, 0.6) is 5.75 Å². The average Bonchev–Trinajstić information content (AvgIpc) is 3.31. The molecule has 0 bridgehead atoms. The van der Waals surface area contributed by atoms with Crippen molar-refractivity contribution in [2.24, 2.45) is 11.3 Å². The molecule has 0 fully saturated rings. The van der Waals surface area contributed by atoms with E-state index in [1.807, 2.05) is 68.8 Å². The molecule has 1 N–H and O–H groups in total. The fourth-order valence-corrected chi connectivity index (χ4v) is 4.61. The molecule has 31 heavy (non-hydrogen) atoms. The number of fused-ring (bicyclic) bond motifs is 1. The van der Waals surface area contributed by atoms with Crippen molar-refractivity contribution in [2.45, 2.75) is 60.0 Å². The van der Waals surface area contributed by atoms with Gasteiger partial charge in [0.05, 0.1) is 0 Å². The molecule has 0 aliphatic heterocycles. The Morgan fingerprint density at radius 2 is 1.97 bits per heavy atom. The maximum Gasteiger partial charge on any atom is 0.314 e. The Morgan fingerprint density at radius 3 is 2.52 bits per heavy atom. The van der Waals surface area contributed by atoms with Crippen molar-refractivity contribution in [3.05, 3.63) is 52.2 Å². The first-order valence-electron chi connectivity index (χ1n) is 10.4. The van der Waals surface area contributed by atoms with Crippen LogP contribution < -0.4 is 4.74 Å². The number of ketones is 1. The van der Waals surface area contributed by atoms with Crippen LogP contribution in [0.15, 0.2) is 36.0 Å². The van der Waals surface area contributed by atoms with Gasteiger partial charge in [0.1, 0.15) is 28.6 Å². The second kappa shape index (κ2) is 8.46. The number of rotatable bonds is 8. The van der Waals surface area contributed by atoms with Gasteiger partial charge < -0.3 is 14.2 Å². The van der Waals surface area contributed by atoms with Crippen LogP contribution in [-0.2, 0) is 21.6 Å². The summed E-state index contributed by atoms with van der Waals surface area (Å²) in [6, 6.07) is 5.55. The molecule has 0 saturated carbocycles. The van der Waals surface area contributed by atoms with Crippen molar-refractivity contribution in [1.29, 1.82) is 0 Å². The number of ether oxygens (including phenoxy) is 1. The lowest BCUT2D eigenvalue weighted by molar-refractivity contribution is -0.150. The van der Waals surface area contributed by atoms with E-state index in [2.05, 4.69) is 4.98 Å². The molecule has 3 heterocycles. The summed E-state index contributed by atoms with van der Waals surface area (Å²) in [6.45, 7) is 11.4. The molecule has 7 heteroatoms. The lowest BCUT2D eigenvalue weighted by Gasteiger charge is -2.35. The Labute approximate surface area is 186 Å². The molecular weight excluding hydrogens is 412 g/mol. The fraction of sp³-hybridized carbons (Fsp3) is 0.458. The van der Waals surface area contributed by atoms with E-state index in [0.717, 1.165) is 16.2 Å². The number of Topliss-reactive ketones (excluding diaryl/α,β-unsaturated/α-hetero) is 1. The second-order valence-corrected chi connectivity index (χ2v) is 10.1. The molecule has 166 valence electrons. The van der Waals surface area contributed by atoms with Crippen LogP contribution in [0.2, 0.25) is 0 Å². The second-order valence-electron chi connectivity index (χ2n) is 9.18. The predicted octanol–water partition coefficient (Wildman–Crippen LogP) is 5.27. The first-order chi connectivity index (χ1) is 14.5. The summed E-state index contributed by atoms with van der Waals surface area (Å²) in [6.07, 6.45) is 4.10. The minimum Gasteiger partial charge on any atom is -0.486 e. The molecule has 3 rings (SSSR count). The largest absolute Gasteiger partial charge is 0.486 e. The van der Waals surface area contributed by atoms with Crippen molar-refractivity contribution in [2.75, 3.05) is 0 Å². The molecule has 0 aromatic carbocycles. The topological polar surface area (TPSA) is 80.9 Å². The molecule has 3 aromatic heterocycles. The van der Waals surface area contributed by atoms with Crippen molar-refractivity contribution in [3.63, 3.8) is 0 Å². The van der Waals surface area contributed by atoms with Gasteiger partial charge in [-0.25, -0.2) is 4.98 Å². The standard InChI is InChI=1S/C24H30N2O4S/c1-7-19(21(27)23(3,4)5)24(6,22(28)29)16-10-17-11-18(8-9-26(17)12-16)30-13-20-25-15(2)14-31-20/h8-12,14,19H,7,13H2,1-6H3,(H,28,29). The highest BCUT2D eigenvalue weighted by atomic mass is 32.1. The van der Waals surface area contributed by atoms with Crippen molar-refractivity contribution >= 4 is 28.6 Å². The van der Waals surface area contributed by atoms with Gasteiger partial charge in [-0.3, -0.25) is 9.59 Å². The molecular formula is C24H30N2O4S. The average molecular weight is 443 g/mol. The summed E-state index contributed by atoms with van der Waals surface area (Å²) in [4.78, 5) is 30.0. The summed E-state index contributed by atoms with van der Waals surface area (Å²) < 4.78 is 7.74. The summed E-state index contributed by atoms with van der Waals surface area (Å²) in [5, 5.41) is 13.1. The van der Waals surface area contributed by atoms with Crippen LogP contribution in [0, 0.1) is 18.3 Å². The molecule has 0 aliphatic rings. The maximum absolute atomic E-state index is 13.1. The van der Waals surface area contributed by atoms with E-state index in [0.29, 0.717) is 24.3 Å². The lowest BCUT2D eigenvalue weighted by atomic mass is 9.65. The minimum absolute atomic E-state index is 0.0436. The van der Waals surface area contributed by atoms with Gasteiger partial charge in [0, 0.05) is 46.4 Å². The first kappa shape index (κ1) is 23.0. The molecule has 0 saturated heterocycles. The van der Waals surface area contributed by atoms with Crippen LogP contribution in [0.1, 0.15) is 57.3 Å². The Hall–Kier alpha value is -2.67. The highest BCUT2D eigenvalue weighted by Crippen LogP contribution is 2.40. The van der Waals surface area contributed by atoms with E-state index in [1.165, 1.54) is 0 Å². The molecule has 0 amide bonds. The van der Waals surface area contributed by atoms with Crippen LogP contribution in [0.3, 0.4) is 0 Å². The van der Waals surface area contributed by atoms with E-state index in [4.69, 9.17) is 4.74 Å². The highest BCUT2D eigenvalue weighted by molar-refractivity contribution is 7.09. The van der Waals surface area contributed by atoms with Crippen LogP contribution in [0.25, 0.3) is 5.52 Å². The zero-order valence-corrected chi connectivity index (χ0v) is 19.7. The van der Waals surface area contributed by atoms with Gasteiger partial charge in [-0.2, -0.15) is 0 Å². The van der Waals surface area contributed by atoms with Crippen LogP contribution in [0.4, 0.5) is 0 Å². The Morgan fingerprint density at radius 1 is 1.26 bits per heavy atom. The number of carboxylic acid groups (broad SMARTS) is 1. The van der Waals surface area contributed by atoms with E-state index in [1.54, 1.807) is 24.5 Å². The minimum atomic E-state index is -1.33. The number of pyridine rings is 1.